The topological polar surface area (TPSA) is 30.5 Å². The first kappa shape index (κ1) is 12.4. The van der Waals surface area contributed by atoms with Gasteiger partial charge in [0, 0.05) is 12.6 Å². The highest BCUT2D eigenvalue weighted by atomic mass is 16.5. The number of ether oxygens (including phenoxy) is 2. The van der Waals surface area contributed by atoms with Gasteiger partial charge in [0.1, 0.15) is 5.75 Å². The van der Waals surface area contributed by atoms with Gasteiger partial charge in [0.2, 0.25) is 0 Å². The van der Waals surface area contributed by atoms with E-state index >= 15 is 0 Å². The molecule has 17 heavy (non-hydrogen) atoms. The van der Waals surface area contributed by atoms with Crippen molar-refractivity contribution in [1.82, 2.24) is 5.32 Å². The van der Waals surface area contributed by atoms with Crippen molar-refractivity contribution in [1.29, 1.82) is 0 Å². The van der Waals surface area contributed by atoms with Crippen LogP contribution >= 0.6 is 0 Å². The fraction of sp³-hybridized carbons (Fsp3) is 0.571. The molecule has 2 atom stereocenters. The van der Waals surface area contributed by atoms with Gasteiger partial charge in [0.05, 0.1) is 19.8 Å². The summed E-state index contributed by atoms with van der Waals surface area (Å²) < 4.78 is 11.1. The van der Waals surface area contributed by atoms with Gasteiger partial charge in [-0.1, -0.05) is 26.0 Å². The van der Waals surface area contributed by atoms with Crippen LogP contribution in [0, 0.1) is 5.92 Å². The standard InChI is InChI=1S/C14H21NO2/c1-10(2)13-9-17-14(8-15-13)11-5-4-6-12(7-11)16-3/h4-7,10,13-15H,8-9H2,1-3H3. The molecule has 0 amide bonds. The minimum absolute atomic E-state index is 0.139. The summed E-state index contributed by atoms with van der Waals surface area (Å²) in [6, 6.07) is 8.56. The van der Waals surface area contributed by atoms with Crippen LogP contribution < -0.4 is 10.1 Å². The third-order valence-corrected chi connectivity index (χ3v) is 3.31. The third-order valence-electron chi connectivity index (χ3n) is 3.31. The van der Waals surface area contributed by atoms with Crippen LogP contribution in [0.4, 0.5) is 0 Å². The normalized spacial score (nSPS) is 24.9. The van der Waals surface area contributed by atoms with E-state index in [0.717, 1.165) is 18.9 Å². The maximum Gasteiger partial charge on any atom is 0.119 e. The smallest absolute Gasteiger partial charge is 0.119 e. The van der Waals surface area contributed by atoms with Crippen LogP contribution in [0.1, 0.15) is 25.5 Å². The highest BCUT2D eigenvalue weighted by molar-refractivity contribution is 5.30. The third kappa shape index (κ3) is 2.99. The molecule has 3 nitrogen and oxygen atoms in total. The van der Waals surface area contributed by atoms with E-state index < -0.39 is 0 Å². The SMILES string of the molecule is COc1cccc(C2CNC(C(C)C)CO2)c1. The average Bonchev–Trinajstić information content (AvgIpc) is 2.39. The molecule has 0 spiro atoms. The number of hydrogen-bond acceptors (Lipinski definition) is 3. The Hall–Kier alpha value is -1.06. The lowest BCUT2D eigenvalue weighted by Crippen LogP contribution is -2.45. The van der Waals surface area contributed by atoms with Gasteiger partial charge in [-0.25, -0.2) is 0 Å². The lowest BCUT2D eigenvalue weighted by Gasteiger charge is -2.32. The molecule has 2 unspecified atom stereocenters. The van der Waals surface area contributed by atoms with Crippen molar-refractivity contribution in [2.24, 2.45) is 5.92 Å². The Bertz CT molecular complexity index is 357. The van der Waals surface area contributed by atoms with Crippen molar-refractivity contribution >= 4 is 0 Å². The van der Waals surface area contributed by atoms with E-state index in [4.69, 9.17) is 9.47 Å². The number of morpholine rings is 1. The molecular formula is C14H21NO2. The van der Waals surface area contributed by atoms with Crippen LogP contribution in [-0.4, -0.2) is 26.3 Å². The van der Waals surface area contributed by atoms with Crippen LogP contribution in [0.15, 0.2) is 24.3 Å². The maximum absolute atomic E-state index is 5.92. The Kier molecular flexibility index (Phi) is 4.02. The molecule has 2 rings (SSSR count). The van der Waals surface area contributed by atoms with Crippen molar-refractivity contribution in [3.8, 4) is 5.75 Å². The first-order valence-electron chi connectivity index (χ1n) is 6.19. The van der Waals surface area contributed by atoms with Gasteiger partial charge < -0.3 is 14.8 Å². The van der Waals surface area contributed by atoms with Crippen LogP contribution in [0.25, 0.3) is 0 Å². The second kappa shape index (κ2) is 5.52. The van der Waals surface area contributed by atoms with E-state index in [0.29, 0.717) is 12.0 Å². The van der Waals surface area contributed by atoms with Gasteiger partial charge >= 0.3 is 0 Å². The number of benzene rings is 1. The average molecular weight is 235 g/mol. The van der Waals surface area contributed by atoms with Crippen molar-refractivity contribution < 1.29 is 9.47 Å². The van der Waals surface area contributed by atoms with E-state index in [9.17, 15) is 0 Å². The summed E-state index contributed by atoms with van der Waals surface area (Å²) in [6.07, 6.45) is 0.139. The van der Waals surface area contributed by atoms with Gasteiger partial charge in [-0.3, -0.25) is 0 Å². The molecule has 0 bridgehead atoms. The molecule has 3 heteroatoms. The Balaban J connectivity index is 2.00. The summed E-state index contributed by atoms with van der Waals surface area (Å²) in [6.45, 7) is 6.08. The molecule has 1 heterocycles. The molecule has 0 aliphatic carbocycles. The predicted molar refractivity (Wildman–Crippen MR) is 68.3 cm³/mol. The van der Waals surface area contributed by atoms with Crippen molar-refractivity contribution in [2.45, 2.75) is 26.0 Å². The lowest BCUT2D eigenvalue weighted by molar-refractivity contribution is -0.00719. The monoisotopic (exact) mass is 235 g/mol. The fourth-order valence-corrected chi connectivity index (χ4v) is 2.08. The molecule has 1 aromatic carbocycles. The Morgan fingerprint density at radius 2 is 2.24 bits per heavy atom. The van der Waals surface area contributed by atoms with Crippen molar-refractivity contribution in [3.05, 3.63) is 29.8 Å². The molecule has 1 aliphatic rings. The summed E-state index contributed by atoms with van der Waals surface area (Å²) >= 11 is 0. The summed E-state index contributed by atoms with van der Waals surface area (Å²) in [5, 5.41) is 3.54. The van der Waals surface area contributed by atoms with Crippen LogP contribution in [0.2, 0.25) is 0 Å². The minimum atomic E-state index is 0.139. The second-order valence-electron chi connectivity index (χ2n) is 4.86. The summed E-state index contributed by atoms with van der Waals surface area (Å²) in [4.78, 5) is 0. The Labute approximate surface area is 103 Å². The molecular weight excluding hydrogens is 214 g/mol. The zero-order valence-corrected chi connectivity index (χ0v) is 10.8. The molecule has 1 saturated heterocycles. The largest absolute Gasteiger partial charge is 0.497 e. The molecule has 0 radical (unpaired) electrons. The van der Waals surface area contributed by atoms with Gasteiger partial charge in [-0.15, -0.1) is 0 Å². The number of nitrogens with one attached hydrogen (secondary N) is 1. The van der Waals surface area contributed by atoms with Gasteiger partial charge in [0.15, 0.2) is 0 Å². The molecule has 1 aliphatic heterocycles. The zero-order chi connectivity index (χ0) is 12.3. The predicted octanol–water partition coefficient (Wildman–Crippen LogP) is 2.38. The highest BCUT2D eigenvalue weighted by Crippen LogP contribution is 2.24. The minimum Gasteiger partial charge on any atom is -0.497 e. The van der Waals surface area contributed by atoms with Crippen molar-refractivity contribution in [3.63, 3.8) is 0 Å². The second-order valence-corrected chi connectivity index (χ2v) is 4.86. The molecule has 0 aromatic heterocycles. The first-order chi connectivity index (χ1) is 8.20. The molecule has 1 N–H and O–H groups in total. The van der Waals surface area contributed by atoms with Crippen molar-refractivity contribution in [2.75, 3.05) is 20.3 Å². The van der Waals surface area contributed by atoms with E-state index in [1.165, 1.54) is 5.56 Å². The number of hydrogen-bond donors (Lipinski definition) is 1. The van der Waals surface area contributed by atoms with E-state index in [2.05, 4.69) is 25.2 Å². The van der Waals surface area contributed by atoms with Crippen LogP contribution in [0.5, 0.6) is 5.75 Å². The van der Waals surface area contributed by atoms with E-state index in [-0.39, 0.29) is 6.10 Å². The molecule has 0 saturated carbocycles. The number of methoxy groups -OCH3 is 1. The first-order valence-corrected chi connectivity index (χ1v) is 6.19. The zero-order valence-electron chi connectivity index (χ0n) is 10.8. The lowest BCUT2D eigenvalue weighted by atomic mass is 10.0. The summed E-state index contributed by atoms with van der Waals surface area (Å²) in [5.41, 5.74) is 1.18. The highest BCUT2D eigenvalue weighted by Gasteiger charge is 2.24. The van der Waals surface area contributed by atoms with E-state index in [1.54, 1.807) is 7.11 Å². The Morgan fingerprint density at radius 3 is 2.82 bits per heavy atom. The van der Waals surface area contributed by atoms with E-state index in [1.807, 2.05) is 18.2 Å². The maximum atomic E-state index is 5.92. The molecule has 94 valence electrons. The molecule has 1 fully saturated rings. The van der Waals surface area contributed by atoms with Gasteiger partial charge in [0.25, 0.3) is 0 Å². The van der Waals surface area contributed by atoms with Crippen LogP contribution in [-0.2, 0) is 4.74 Å². The van der Waals surface area contributed by atoms with Gasteiger partial charge in [-0.2, -0.15) is 0 Å². The molecule has 1 aromatic rings. The number of rotatable bonds is 3. The summed E-state index contributed by atoms with van der Waals surface area (Å²) in [5.74, 6) is 1.50. The van der Waals surface area contributed by atoms with Crippen LogP contribution in [0.3, 0.4) is 0 Å². The fourth-order valence-electron chi connectivity index (χ4n) is 2.08. The Morgan fingerprint density at radius 1 is 1.41 bits per heavy atom. The quantitative estimate of drug-likeness (QED) is 0.872. The van der Waals surface area contributed by atoms with Gasteiger partial charge in [-0.05, 0) is 23.6 Å². The summed E-state index contributed by atoms with van der Waals surface area (Å²) in [7, 11) is 1.69.